The average Bonchev–Trinajstić information content (AvgIpc) is 2.59. The molecule has 0 bridgehead atoms. The molecule has 2 rings (SSSR count). The van der Waals surface area contributed by atoms with Gasteiger partial charge in [-0.15, -0.1) is 0 Å². The Morgan fingerprint density at radius 2 is 2.00 bits per heavy atom. The maximum absolute atomic E-state index is 12.6. The van der Waals surface area contributed by atoms with Gasteiger partial charge in [0.05, 0.1) is 6.61 Å². The number of benzene rings is 1. The SMILES string of the molecule is CCOCCNC(=O)Nc1ccc(C(=O)N2CCCC[C@H]2C)cc1. The van der Waals surface area contributed by atoms with Crippen molar-refractivity contribution < 1.29 is 14.3 Å². The van der Waals surface area contributed by atoms with Gasteiger partial charge in [-0.1, -0.05) is 0 Å². The molecule has 6 nitrogen and oxygen atoms in total. The number of anilines is 1. The molecular formula is C18H27N3O3. The summed E-state index contributed by atoms with van der Waals surface area (Å²) in [4.78, 5) is 26.2. The Balaban J connectivity index is 1.86. The van der Waals surface area contributed by atoms with Crippen molar-refractivity contribution in [3.63, 3.8) is 0 Å². The van der Waals surface area contributed by atoms with Gasteiger partial charge in [0.1, 0.15) is 0 Å². The molecule has 2 N–H and O–H groups in total. The van der Waals surface area contributed by atoms with Gasteiger partial charge in [-0.3, -0.25) is 4.79 Å². The number of rotatable bonds is 6. The molecule has 0 saturated carbocycles. The molecule has 1 heterocycles. The van der Waals surface area contributed by atoms with Crippen LogP contribution in [0.25, 0.3) is 0 Å². The van der Waals surface area contributed by atoms with Gasteiger partial charge in [0.2, 0.25) is 0 Å². The summed E-state index contributed by atoms with van der Waals surface area (Å²) >= 11 is 0. The first-order chi connectivity index (χ1) is 11.6. The van der Waals surface area contributed by atoms with Crippen LogP contribution in [0.2, 0.25) is 0 Å². The predicted molar refractivity (Wildman–Crippen MR) is 94.3 cm³/mol. The standard InChI is InChI=1S/C18H27N3O3/c1-3-24-13-11-19-18(23)20-16-9-7-15(8-10-16)17(22)21-12-5-4-6-14(21)2/h7-10,14H,3-6,11-13H2,1-2H3,(H2,19,20,23)/t14-/m1/s1. The fraction of sp³-hybridized carbons (Fsp3) is 0.556. The summed E-state index contributed by atoms with van der Waals surface area (Å²) in [6.45, 7) is 6.41. The number of piperidine rings is 1. The molecule has 6 heteroatoms. The van der Waals surface area contributed by atoms with E-state index in [0.717, 1.165) is 19.4 Å². The highest BCUT2D eigenvalue weighted by Gasteiger charge is 2.23. The zero-order chi connectivity index (χ0) is 17.4. The number of hydrogen-bond acceptors (Lipinski definition) is 3. The number of amides is 3. The third-order valence-electron chi connectivity index (χ3n) is 4.19. The minimum Gasteiger partial charge on any atom is -0.380 e. The maximum atomic E-state index is 12.6. The number of nitrogens with zero attached hydrogens (tertiary/aromatic N) is 1. The Bertz CT molecular complexity index is 545. The topological polar surface area (TPSA) is 70.7 Å². The number of carbonyl (C=O) groups excluding carboxylic acids is 2. The van der Waals surface area contributed by atoms with Gasteiger partial charge < -0.3 is 20.3 Å². The van der Waals surface area contributed by atoms with Crippen LogP contribution >= 0.6 is 0 Å². The molecule has 0 aromatic heterocycles. The van der Waals surface area contributed by atoms with E-state index in [9.17, 15) is 9.59 Å². The first-order valence-corrected chi connectivity index (χ1v) is 8.65. The van der Waals surface area contributed by atoms with Crippen LogP contribution in [0.3, 0.4) is 0 Å². The third kappa shape index (κ3) is 5.23. The van der Waals surface area contributed by atoms with Gasteiger partial charge in [0.15, 0.2) is 0 Å². The van der Waals surface area contributed by atoms with Crippen LogP contribution in [0.1, 0.15) is 43.5 Å². The summed E-state index contributed by atoms with van der Waals surface area (Å²) in [5.41, 5.74) is 1.32. The fourth-order valence-corrected chi connectivity index (χ4v) is 2.82. The Hall–Kier alpha value is -2.08. The van der Waals surface area contributed by atoms with E-state index in [1.807, 2.05) is 11.8 Å². The zero-order valence-corrected chi connectivity index (χ0v) is 14.5. The summed E-state index contributed by atoms with van der Waals surface area (Å²) in [5.74, 6) is 0.0647. The van der Waals surface area contributed by atoms with E-state index in [-0.39, 0.29) is 11.9 Å². The predicted octanol–water partition coefficient (Wildman–Crippen LogP) is 2.86. The maximum Gasteiger partial charge on any atom is 0.319 e. The molecule has 0 unspecified atom stereocenters. The molecule has 1 atom stereocenters. The van der Waals surface area contributed by atoms with Gasteiger partial charge in [-0.05, 0) is 57.4 Å². The van der Waals surface area contributed by atoms with Crippen molar-refractivity contribution in [2.75, 3.05) is 31.6 Å². The van der Waals surface area contributed by atoms with Crippen molar-refractivity contribution in [2.45, 2.75) is 39.2 Å². The van der Waals surface area contributed by atoms with E-state index in [0.29, 0.717) is 37.1 Å². The smallest absolute Gasteiger partial charge is 0.319 e. The number of urea groups is 1. The number of hydrogen-bond donors (Lipinski definition) is 2. The van der Waals surface area contributed by atoms with E-state index < -0.39 is 0 Å². The lowest BCUT2D eigenvalue weighted by molar-refractivity contribution is 0.0635. The second kappa shape index (κ2) is 9.27. The fourth-order valence-electron chi connectivity index (χ4n) is 2.82. The number of nitrogens with one attached hydrogen (secondary N) is 2. The zero-order valence-electron chi connectivity index (χ0n) is 14.5. The van der Waals surface area contributed by atoms with Crippen molar-refractivity contribution >= 4 is 17.6 Å². The number of carbonyl (C=O) groups is 2. The molecule has 24 heavy (non-hydrogen) atoms. The lowest BCUT2D eigenvalue weighted by atomic mass is 10.0. The Morgan fingerprint density at radius 3 is 2.67 bits per heavy atom. The summed E-state index contributed by atoms with van der Waals surface area (Å²) in [5, 5.41) is 5.45. The van der Waals surface area contributed by atoms with Crippen LogP contribution in [-0.4, -0.2) is 49.2 Å². The number of likely N-dealkylation sites (tertiary alicyclic amines) is 1. The third-order valence-corrected chi connectivity index (χ3v) is 4.19. The van der Waals surface area contributed by atoms with Crippen LogP contribution in [0.15, 0.2) is 24.3 Å². The lowest BCUT2D eigenvalue weighted by Gasteiger charge is -2.33. The first kappa shape index (κ1) is 18.3. The van der Waals surface area contributed by atoms with Gasteiger partial charge in [-0.25, -0.2) is 4.79 Å². The Labute approximate surface area is 143 Å². The molecule has 1 aromatic carbocycles. The highest BCUT2D eigenvalue weighted by molar-refractivity contribution is 5.95. The van der Waals surface area contributed by atoms with Crippen molar-refractivity contribution in [2.24, 2.45) is 0 Å². The Morgan fingerprint density at radius 1 is 1.25 bits per heavy atom. The highest BCUT2D eigenvalue weighted by Crippen LogP contribution is 2.20. The van der Waals surface area contributed by atoms with Crippen LogP contribution in [0.5, 0.6) is 0 Å². The molecule has 132 valence electrons. The largest absolute Gasteiger partial charge is 0.380 e. The van der Waals surface area contributed by atoms with E-state index in [1.54, 1.807) is 24.3 Å². The van der Waals surface area contributed by atoms with Crippen LogP contribution < -0.4 is 10.6 Å². The normalized spacial score (nSPS) is 17.4. The van der Waals surface area contributed by atoms with E-state index in [2.05, 4.69) is 17.6 Å². The van der Waals surface area contributed by atoms with Gasteiger partial charge >= 0.3 is 6.03 Å². The van der Waals surface area contributed by atoms with E-state index in [4.69, 9.17) is 4.74 Å². The van der Waals surface area contributed by atoms with E-state index >= 15 is 0 Å². The molecule has 3 amide bonds. The van der Waals surface area contributed by atoms with Gasteiger partial charge in [0, 0.05) is 37.0 Å². The van der Waals surface area contributed by atoms with Crippen LogP contribution in [0.4, 0.5) is 10.5 Å². The minimum absolute atomic E-state index is 0.0647. The molecule has 1 aromatic rings. The molecular weight excluding hydrogens is 306 g/mol. The van der Waals surface area contributed by atoms with Gasteiger partial charge in [-0.2, -0.15) is 0 Å². The van der Waals surface area contributed by atoms with Crippen molar-refractivity contribution in [1.29, 1.82) is 0 Å². The Kier molecular flexibility index (Phi) is 7.06. The molecule has 1 aliphatic rings. The molecule has 1 fully saturated rings. The van der Waals surface area contributed by atoms with E-state index in [1.165, 1.54) is 6.42 Å². The molecule has 0 aliphatic carbocycles. The summed E-state index contributed by atoms with van der Waals surface area (Å²) in [7, 11) is 0. The van der Waals surface area contributed by atoms with Crippen molar-refractivity contribution in [3.05, 3.63) is 29.8 Å². The summed E-state index contributed by atoms with van der Waals surface area (Å²) in [6.07, 6.45) is 3.32. The highest BCUT2D eigenvalue weighted by atomic mass is 16.5. The lowest BCUT2D eigenvalue weighted by Crippen LogP contribution is -2.42. The summed E-state index contributed by atoms with van der Waals surface area (Å²) in [6, 6.07) is 7.05. The average molecular weight is 333 g/mol. The van der Waals surface area contributed by atoms with Crippen molar-refractivity contribution in [1.82, 2.24) is 10.2 Å². The second-order valence-electron chi connectivity index (χ2n) is 6.00. The summed E-state index contributed by atoms with van der Waals surface area (Å²) < 4.78 is 5.16. The van der Waals surface area contributed by atoms with Crippen LogP contribution in [0, 0.1) is 0 Å². The molecule has 1 saturated heterocycles. The molecule has 0 spiro atoms. The molecule has 1 aliphatic heterocycles. The second-order valence-corrected chi connectivity index (χ2v) is 6.00. The monoisotopic (exact) mass is 333 g/mol. The van der Waals surface area contributed by atoms with Crippen molar-refractivity contribution in [3.8, 4) is 0 Å². The van der Waals surface area contributed by atoms with Crippen LogP contribution in [-0.2, 0) is 4.74 Å². The quantitative estimate of drug-likeness (QED) is 0.787. The number of ether oxygens (including phenoxy) is 1. The van der Waals surface area contributed by atoms with Gasteiger partial charge in [0.25, 0.3) is 5.91 Å². The first-order valence-electron chi connectivity index (χ1n) is 8.65. The molecule has 0 radical (unpaired) electrons. The minimum atomic E-state index is -0.279.